The number of phenols is 2. The molecule has 38 heavy (non-hydrogen) atoms. The number of amides is 1. The van der Waals surface area contributed by atoms with Crippen LogP contribution in [0.1, 0.15) is 56.2 Å². The Morgan fingerprint density at radius 1 is 0.868 bits per heavy atom. The van der Waals surface area contributed by atoms with E-state index < -0.39 is 0 Å². The van der Waals surface area contributed by atoms with Crippen LogP contribution in [0.5, 0.6) is 11.5 Å². The first-order chi connectivity index (χ1) is 18.4. The van der Waals surface area contributed by atoms with E-state index in [-0.39, 0.29) is 17.4 Å². The normalized spacial score (nSPS) is 11.4. The summed E-state index contributed by atoms with van der Waals surface area (Å²) in [6.07, 6.45) is 7.80. The molecular weight excluding hydrogens is 472 g/mol. The molecule has 2 N–H and O–H groups in total. The summed E-state index contributed by atoms with van der Waals surface area (Å²) in [7, 11) is 0. The van der Waals surface area contributed by atoms with Gasteiger partial charge in [0.1, 0.15) is 11.5 Å². The molecule has 0 fully saturated rings. The standard InChI is InChI=1S/C33H38N2O3/c1-4-6-20-34(21-7-5-2)32(38)19-12-25-8-10-26(11-9-25)23-35-31-18-17-29(37)22-30(31)24(3)33(35)27-13-15-28(36)16-14-27/h8-19,22,36-37H,4-7,20-21,23H2,1-3H3. The maximum atomic E-state index is 12.8. The van der Waals surface area contributed by atoms with Crippen molar-refractivity contribution < 1.29 is 15.0 Å². The number of aromatic hydroxyl groups is 2. The molecule has 0 aliphatic heterocycles. The Balaban J connectivity index is 1.58. The van der Waals surface area contributed by atoms with Gasteiger partial charge in [-0.15, -0.1) is 0 Å². The molecule has 1 amide bonds. The highest BCUT2D eigenvalue weighted by atomic mass is 16.3. The molecule has 5 heteroatoms. The topological polar surface area (TPSA) is 65.7 Å². The van der Waals surface area contributed by atoms with Crippen LogP contribution in [0.3, 0.4) is 0 Å². The van der Waals surface area contributed by atoms with Gasteiger partial charge in [0.05, 0.1) is 5.69 Å². The van der Waals surface area contributed by atoms with Crippen LogP contribution < -0.4 is 0 Å². The maximum absolute atomic E-state index is 12.8. The van der Waals surface area contributed by atoms with Gasteiger partial charge >= 0.3 is 0 Å². The lowest BCUT2D eigenvalue weighted by molar-refractivity contribution is -0.126. The van der Waals surface area contributed by atoms with Gasteiger partial charge in [-0.3, -0.25) is 4.79 Å². The van der Waals surface area contributed by atoms with Crippen molar-refractivity contribution in [3.05, 3.63) is 89.5 Å². The molecule has 1 heterocycles. The number of nitrogens with zero attached hydrogens (tertiary/aromatic N) is 2. The smallest absolute Gasteiger partial charge is 0.246 e. The van der Waals surface area contributed by atoms with Crippen LogP contribution in [0.4, 0.5) is 0 Å². The Kier molecular flexibility index (Phi) is 8.90. The van der Waals surface area contributed by atoms with E-state index >= 15 is 0 Å². The first-order valence-corrected chi connectivity index (χ1v) is 13.6. The van der Waals surface area contributed by atoms with Crippen LogP contribution in [0.15, 0.2) is 72.8 Å². The largest absolute Gasteiger partial charge is 0.508 e. The summed E-state index contributed by atoms with van der Waals surface area (Å²) in [5.74, 6) is 0.545. The zero-order valence-corrected chi connectivity index (χ0v) is 22.7. The summed E-state index contributed by atoms with van der Waals surface area (Å²) in [6.45, 7) is 8.63. The van der Waals surface area contributed by atoms with E-state index in [0.717, 1.165) is 77.6 Å². The van der Waals surface area contributed by atoms with E-state index in [1.165, 1.54) is 0 Å². The molecule has 5 nitrogen and oxygen atoms in total. The molecule has 4 aromatic rings. The highest BCUT2D eigenvalue weighted by Gasteiger charge is 2.17. The predicted molar refractivity (Wildman–Crippen MR) is 156 cm³/mol. The number of phenolic OH excluding ortho intramolecular Hbond substituents is 2. The van der Waals surface area contributed by atoms with Crippen LogP contribution >= 0.6 is 0 Å². The van der Waals surface area contributed by atoms with E-state index in [4.69, 9.17) is 0 Å². The molecular formula is C33H38N2O3. The first kappa shape index (κ1) is 27.1. The number of hydrogen-bond donors (Lipinski definition) is 2. The van der Waals surface area contributed by atoms with Crippen molar-refractivity contribution in [2.45, 2.75) is 53.0 Å². The van der Waals surface area contributed by atoms with Crippen LogP contribution in [-0.4, -0.2) is 38.7 Å². The van der Waals surface area contributed by atoms with Crippen molar-refractivity contribution in [3.63, 3.8) is 0 Å². The van der Waals surface area contributed by atoms with E-state index in [1.54, 1.807) is 30.3 Å². The van der Waals surface area contributed by atoms with Gasteiger partial charge in [0.25, 0.3) is 0 Å². The third-order valence-electron chi connectivity index (χ3n) is 7.05. The zero-order chi connectivity index (χ0) is 27.1. The fraction of sp³-hybridized carbons (Fsp3) is 0.303. The van der Waals surface area contributed by atoms with Crippen molar-refractivity contribution in [1.82, 2.24) is 9.47 Å². The number of fused-ring (bicyclic) bond motifs is 1. The van der Waals surface area contributed by atoms with Crippen molar-refractivity contribution in [3.8, 4) is 22.8 Å². The van der Waals surface area contributed by atoms with Gasteiger partial charge in [-0.2, -0.15) is 0 Å². The number of aromatic nitrogens is 1. The van der Waals surface area contributed by atoms with Gasteiger partial charge in [-0.1, -0.05) is 51.0 Å². The number of carbonyl (C=O) groups is 1. The van der Waals surface area contributed by atoms with Crippen molar-refractivity contribution in [2.75, 3.05) is 13.1 Å². The molecule has 0 saturated carbocycles. The Morgan fingerprint density at radius 3 is 2.13 bits per heavy atom. The van der Waals surface area contributed by atoms with Crippen LogP contribution in [0, 0.1) is 6.92 Å². The number of carbonyl (C=O) groups excluding carboxylic acids is 1. The second kappa shape index (κ2) is 12.5. The fourth-order valence-corrected chi connectivity index (χ4v) is 4.89. The van der Waals surface area contributed by atoms with Gasteiger partial charge in [-0.05, 0) is 90.6 Å². The molecule has 1 aromatic heterocycles. The molecule has 3 aromatic carbocycles. The van der Waals surface area contributed by atoms with Crippen molar-refractivity contribution in [2.24, 2.45) is 0 Å². The monoisotopic (exact) mass is 510 g/mol. The molecule has 0 saturated heterocycles. The molecule has 0 atom stereocenters. The molecule has 0 aliphatic rings. The maximum Gasteiger partial charge on any atom is 0.246 e. The van der Waals surface area contributed by atoms with Gasteiger partial charge in [0, 0.05) is 36.6 Å². The van der Waals surface area contributed by atoms with E-state index in [0.29, 0.717) is 6.54 Å². The SMILES string of the molecule is CCCCN(CCCC)C(=O)C=Cc1ccc(Cn2c(-c3ccc(O)cc3)c(C)c3cc(O)ccc32)cc1. The van der Waals surface area contributed by atoms with Crippen molar-refractivity contribution >= 4 is 22.9 Å². The quantitative estimate of drug-likeness (QED) is 0.205. The average molecular weight is 511 g/mol. The van der Waals surface area contributed by atoms with Gasteiger partial charge in [0.15, 0.2) is 0 Å². The minimum absolute atomic E-state index is 0.0760. The lowest BCUT2D eigenvalue weighted by atomic mass is 10.1. The van der Waals surface area contributed by atoms with Gasteiger partial charge in [0.2, 0.25) is 5.91 Å². The Morgan fingerprint density at radius 2 is 1.50 bits per heavy atom. The van der Waals surface area contributed by atoms with E-state index in [9.17, 15) is 15.0 Å². The Hall–Kier alpha value is -3.99. The molecule has 4 rings (SSSR count). The molecule has 0 radical (unpaired) electrons. The second-order valence-electron chi connectivity index (χ2n) is 9.92. The van der Waals surface area contributed by atoms with Gasteiger partial charge in [-0.25, -0.2) is 0 Å². The molecule has 198 valence electrons. The number of rotatable bonds is 11. The average Bonchev–Trinajstić information content (AvgIpc) is 3.19. The third kappa shape index (κ3) is 6.28. The number of aryl methyl sites for hydroxylation is 1. The minimum Gasteiger partial charge on any atom is -0.508 e. The zero-order valence-electron chi connectivity index (χ0n) is 22.7. The lowest BCUT2D eigenvalue weighted by Crippen LogP contribution is -2.31. The summed E-state index contributed by atoms with van der Waals surface area (Å²) < 4.78 is 2.25. The van der Waals surface area contributed by atoms with Crippen LogP contribution in [0.2, 0.25) is 0 Å². The highest BCUT2D eigenvalue weighted by molar-refractivity contribution is 5.93. The number of unbranched alkanes of at least 4 members (excludes halogenated alkanes) is 2. The van der Waals surface area contributed by atoms with E-state index in [1.807, 2.05) is 41.3 Å². The molecule has 0 unspecified atom stereocenters. The Labute approximate surface area is 225 Å². The summed E-state index contributed by atoms with van der Waals surface area (Å²) in [5, 5.41) is 20.9. The molecule has 0 spiro atoms. The molecule has 0 bridgehead atoms. The van der Waals surface area contributed by atoms with Crippen LogP contribution in [0.25, 0.3) is 28.2 Å². The summed E-state index contributed by atoms with van der Waals surface area (Å²) in [4.78, 5) is 14.7. The summed E-state index contributed by atoms with van der Waals surface area (Å²) in [5.41, 5.74) is 6.30. The second-order valence-corrected chi connectivity index (χ2v) is 9.92. The predicted octanol–water partition coefficient (Wildman–Crippen LogP) is 7.52. The summed E-state index contributed by atoms with van der Waals surface area (Å²) in [6, 6.07) is 21.0. The first-order valence-electron chi connectivity index (χ1n) is 13.6. The minimum atomic E-state index is 0.0760. The van der Waals surface area contributed by atoms with Crippen LogP contribution in [-0.2, 0) is 11.3 Å². The van der Waals surface area contributed by atoms with Gasteiger partial charge < -0.3 is 19.7 Å². The highest BCUT2D eigenvalue weighted by Crippen LogP contribution is 2.36. The number of benzene rings is 3. The summed E-state index contributed by atoms with van der Waals surface area (Å²) >= 11 is 0. The van der Waals surface area contributed by atoms with Crippen molar-refractivity contribution in [1.29, 1.82) is 0 Å². The Bertz CT molecular complexity index is 1390. The lowest BCUT2D eigenvalue weighted by Gasteiger charge is -2.20. The third-order valence-corrected chi connectivity index (χ3v) is 7.05. The molecule has 0 aliphatic carbocycles. The fourth-order valence-electron chi connectivity index (χ4n) is 4.89. The van der Waals surface area contributed by atoms with E-state index in [2.05, 4.69) is 37.5 Å². The number of hydrogen-bond acceptors (Lipinski definition) is 3.